The molecule has 0 aliphatic heterocycles. The smallest absolute Gasteiger partial charge is 0.236 e. The van der Waals surface area contributed by atoms with E-state index in [0.29, 0.717) is 28.5 Å². The van der Waals surface area contributed by atoms with E-state index in [1.165, 1.54) is 17.4 Å². The molecule has 1 fully saturated rings. The molecule has 3 rings (SSSR count). The Morgan fingerprint density at radius 1 is 1.41 bits per heavy atom. The first-order valence-corrected chi connectivity index (χ1v) is 7.81. The van der Waals surface area contributed by atoms with Gasteiger partial charge in [-0.15, -0.1) is 10.2 Å². The number of aromatic nitrogens is 2. The van der Waals surface area contributed by atoms with Gasteiger partial charge < -0.3 is 4.74 Å². The van der Waals surface area contributed by atoms with Crippen LogP contribution in [-0.4, -0.2) is 23.2 Å². The van der Waals surface area contributed by atoms with Gasteiger partial charge >= 0.3 is 0 Å². The molecule has 1 aromatic carbocycles. The Morgan fingerprint density at radius 3 is 2.77 bits per heavy atom. The van der Waals surface area contributed by atoms with Crippen molar-refractivity contribution < 1.29 is 13.9 Å². The molecule has 1 aromatic heterocycles. The Hall–Kier alpha value is -1.86. The van der Waals surface area contributed by atoms with E-state index < -0.39 is 5.41 Å². The molecule has 1 amide bonds. The SMILES string of the molecule is COC(C)c1nnc(NC(=O)C2(c3ccccc3F)CC2)s1. The normalized spacial score (nSPS) is 17.0. The lowest BCUT2D eigenvalue weighted by Crippen LogP contribution is -2.28. The van der Waals surface area contributed by atoms with Gasteiger partial charge in [0.25, 0.3) is 0 Å². The van der Waals surface area contributed by atoms with Crippen LogP contribution in [0.5, 0.6) is 0 Å². The van der Waals surface area contributed by atoms with Crippen LogP contribution >= 0.6 is 11.3 Å². The Kier molecular flexibility index (Phi) is 3.92. The average molecular weight is 321 g/mol. The third kappa shape index (κ3) is 2.62. The van der Waals surface area contributed by atoms with Crippen molar-refractivity contribution >= 4 is 22.4 Å². The van der Waals surface area contributed by atoms with Gasteiger partial charge in [-0.25, -0.2) is 4.39 Å². The van der Waals surface area contributed by atoms with Gasteiger partial charge in [0.1, 0.15) is 16.9 Å². The summed E-state index contributed by atoms with van der Waals surface area (Å²) < 4.78 is 19.1. The molecule has 5 nitrogen and oxygen atoms in total. The van der Waals surface area contributed by atoms with Crippen LogP contribution in [0, 0.1) is 5.82 Å². The van der Waals surface area contributed by atoms with E-state index in [1.807, 2.05) is 6.92 Å². The van der Waals surface area contributed by atoms with E-state index in [0.717, 1.165) is 0 Å². The summed E-state index contributed by atoms with van der Waals surface area (Å²) in [7, 11) is 1.59. The molecular weight excluding hydrogens is 305 g/mol. The van der Waals surface area contributed by atoms with Crippen molar-refractivity contribution in [2.24, 2.45) is 0 Å². The number of halogens is 1. The number of hydrogen-bond donors (Lipinski definition) is 1. The summed E-state index contributed by atoms with van der Waals surface area (Å²) >= 11 is 1.26. The van der Waals surface area contributed by atoms with E-state index in [-0.39, 0.29) is 17.8 Å². The molecule has 116 valence electrons. The van der Waals surface area contributed by atoms with Gasteiger partial charge in [-0.2, -0.15) is 0 Å². The van der Waals surface area contributed by atoms with Gasteiger partial charge in [0.15, 0.2) is 0 Å². The van der Waals surface area contributed by atoms with Crippen LogP contribution in [-0.2, 0) is 14.9 Å². The fraction of sp³-hybridized carbons (Fsp3) is 0.400. The second-order valence-electron chi connectivity index (χ2n) is 5.34. The van der Waals surface area contributed by atoms with Gasteiger partial charge in [0, 0.05) is 12.7 Å². The zero-order valence-electron chi connectivity index (χ0n) is 12.3. The molecule has 1 unspecified atom stereocenters. The minimum atomic E-state index is -0.774. The first-order valence-electron chi connectivity index (χ1n) is 6.99. The van der Waals surface area contributed by atoms with E-state index in [1.54, 1.807) is 25.3 Å². The fourth-order valence-corrected chi connectivity index (χ4v) is 3.13. The largest absolute Gasteiger partial charge is 0.374 e. The quantitative estimate of drug-likeness (QED) is 0.919. The summed E-state index contributed by atoms with van der Waals surface area (Å²) in [5.74, 6) is -0.577. The maximum atomic E-state index is 14.0. The number of nitrogens with one attached hydrogen (secondary N) is 1. The van der Waals surface area contributed by atoms with E-state index in [2.05, 4.69) is 15.5 Å². The van der Waals surface area contributed by atoms with Crippen molar-refractivity contribution in [3.8, 4) is 0 Å². The molecule has 1 saturated carbocycles. The number of methoxy groups -OCH3 is 1. The molecule has 1 aliphatic rings. The number of carbonyl (C=O) groups is 1. The van der Waals surface area contributed by atoms with Crippen LogP contribution in [0.25, 0.3) is 0 Å². The average Bonchev–Trinajstić information content (AvgIpc) is 3.20. The third-order valence-corrected chi connectivity index (χ3v) is 4.94. The molecule has 7 heteroatoms. The van der Waals surface area contributed by atoms with Crippen LogP contribution in [0.2, 0.25) is 0 Å². The highest BCUT2D eigenvalue weighted by atomic mass is 32.1. The number of rotatable bonds is 5. The summed E-state index contributed by atoms with van der Waals surface area (Å²) in [5, 5.41) is 11.8. The number of nitrogens with zero attached hydrogens (tertiary/aromatic N) is 2. The predicted octanol–water partition coefficient (Wildman–Crippen LogP) is 3.05. The van der Waals surface area contributed by atoms with Gasteiger partial charge in [-0.3, -0.25) is 10.1 Å². The Balaban J connectivity index is 1.77. The molecule has 1 N–H and O–H groups in total. The van der Waals surface area contributed by atoms with Gasteiger partial charge in [-0.1, -0.05) is 29.5 Å². The Bertz CT molecular complexity index is 700. The fourth-order valence-electron chi connectivity index (χ4n) is 2.36. The zero-order valence-corrected chi connectivity index (χ0v) is 13.1. The van der Waals surface area contributed by atoms with Gasteiger partial charge in [-0.05, 0) is 25.8 Å². The summed E-state index contributed by atoms with van der Waals surface area (Å²) in [6, 6.07) is 6.41. The highest BCUT2D eigenvalue weighted by Gasteiger charge is 2.52. The molecule has 1 heterocycles. The number of carbonyl (C=O) groups excluding carboxylic acids is 1. The Morgan fingerprint density at radius 2 is 2.14 bits per heavy atom. The van der Waals surface area contributed by atoms with Crippen molar-refractivity contribution in [3.05, 3.63) is 40.7 Å². The minimum absolute atomic E-state index is 0.176. The lowest BCUT2D eigenvalue weighted by molar-refractivity contribution is -0.118. The third-order valence-electron chi connectivity index (χ3n) is 3.94. The monoisotopic (exact) mass is 321 g/mol. The first kappa shape index (κ1) is 15.1. The lowest BCUT2D eigenvalue weighted by atomic mass is 9.94. The number of benzene rings is 1. The van der Waals surface area contributed by atoms with E-state index in [9.17, 15) is 9.18 Å². The van der Waals surface area contributed by atoms with Crippen LogP contribution in [0.4, 0.5) is 9.52 Å². The van der Waals surface area contributed by atoms with Crippen molar-refractivity contribution in [1.29, 1.82) is 0 Å². The first-order chi connectivity index (χ1) is 10.6. The maximum Gasteiger partial charge on any atom is 0.236 e. The van der Waals surface area contributed by atoms with Crippen molar-refractivity contribution in [3.63, 3.8) is 0 Å². The topological polar surface area (TPSA) is 64.1 Å². The number of anilines is 1. The molecule has 1 atom stereocenters. The molecule has 0 saturated heterocycles. The lowest BCUT2D eigenvalue weighted by Gasteiger charge is -2.15. The molecule has 2 aromatic rings. The van der Waals surface area contributed by atoms with Crippen molar-refractivity contribution in [2.45, 2.75) is 31.3 Å². The summed E-state index contributed by atoms with van der Waals surface area (Å²) in [4.78, 5) is 12.5. The number of hydrogen-bond acceptors (Lipinski definition) is 5. The maximum absolute atomic E-state index is 14.0. The molecule has 0 spiro atoms. The number of amides is 1. The Labute approximate surface area is 131 Å². The van der Waals surface area contributed by atoms with Crippen LogP contribution < -0.4 is 5.32 Å². The molecular formula is C15H16FN3O2S. The van der Waals surface area contributed by atoms with E-state index in [4.69, 9.17) is 4.74 Å². The summed E-state index contributed by atoms with van der Waals surface area (Å²) in [6.45, 7) is 1.86. The predicted molar refractivity (Wildman–Crippen MR) is 81.3 cm³/mol. The van der Waals surface area contributed by atoms with E-state index >= 15 is 0 Å². The van der Waals surface area contributed by atoms with Crippen molar-refractivity contribution in [1.82, 2.24) is 10.2 Å². The van der Waals surface area contributed by atoms with Crippen molar-refractivity contribution in [2.75, 3.05) is 12.4 Å². The molecule has 0 radical (unpaired) electrons. The van der Waals surface area contributed by atoms with Crippen LogP contribution in [0.1, 0.15) is 36.4 Å². The summed E-state index contributed by atoms with van der Waals surface area (Å²) in [6.07, 6.45) is 1.10. The second-order valence-corrected chi connectivity index (χ2v) is 6.35. The van der Waals surface area contributed by atoms with Crippen LogP contribution in [0.15, 0.2) is 24.3 Å². The highest BCUT2D eigenvalue weighted by Crippen LogP contribution is 2.49. The van der Waals surface area contributed by atoms with Gasteiger partial charge in [0.05, 0.1) is 5.41 Å². The second kappa shape index (κ2) is 5.73. The van der Waals surface area contributed by atoms with Crippen LogP contribution in [0.3, 0.4) is 0 Å². The molecule has 22 heavy (non-hydrogen) atoms. The standard InChI is InChI=1S/C15H16FN3O2S/c1-9(21-2)12-18-19-14(22-12)17-13(20)15(7-8-15)10-5-3-4-6-11(10)16/h3-6,9H,7-8H2,1-2H3,(H,17,19,20). The number of ether oxygens (including phenoxy) is 1. The zero-order chi connectivity index (χ0) is 15.7. The summed E-state index contributed by atoms with van der Waals surface area (Å²) in [5.41, 5.74) is -0.327. The van der Waals surface area contributed by atoms with Gasteiger partial charge in [0.2, 0.25) is 11.0 Å². The molecule has 0 bridgehead atoms. The highest BCUT2D eigenvalue weighted by molar-refractivity contribution is 7.15. The molecule has 1 aliphatic carbocycles. The minimum Gasteiger partial charge on any atom is -0.374 e.